The quantitative estimate of drug-likeness (QED) is 0.632. The van der Waals surface area contributed by atoms with Crippen LogP contribution in [-0.2, 0) is 15.6 Å². The molecule has 2 aromatic carbocycles. The molecule has 5 nitrogen and oxygen atoms in total. The highest BCUT2D eigenvalue weighted by atomic mass is 32.2. The van der Waals surface area contributed by atoms with Crippen LogP contribution in [0.1, 0.15) is 12.7 Å². The van der Waals surface area contributed by atoms with Crippen molar-refractivity contribution in [2.24, 2.45) is 0 Å². The summed E-state index contributed by atoms with van der Waals surface area (Å²) in [4.78, 5) is 0.289. The summed E-state index contributed by atoms with van der Waals surface area (Å²) < 4.78 is 27.1. The van der Waals surface area contributed by atoms with E-state index in [1.54, 1.807) is 30.3 Å². The van der Waals surface area contributed by atoms with Crippen molar-refractivity contribution in [3.8, 4) is 5.69 Å². The van der Waals surface area contributed by atoms with E-state index in [4.69, 9.17) is 0 Å². The van der Waals surface area contributed by atoms with Crippen LogP contribution in [0, 0.1) is 0 Å². The second-order valence-corrected chi connectivity index (χ2v) is 8.30. The van der Waals surface area contributed by atoms with E-state index in [-0.39, 0.29) is 10.6 Å². The molecular weight excluding hydrogens is 342 g/mol. The van der Waals surface area contributed by atoms with Gasteiger partial charge in [-0.25, -0.2) is 8.42 Å². The third-order valence-electron chi connectivity index (χ3n) is 3.41. The van der Waals surface area contributed by atoms with Crippen molar-refractivity contribution in [3.05, 3.63) is 66.5 Å². The Morgan fingerprint density at radius 1 is 0.958 bits per heavy atom. The molecule has 0 saturated heterocycles. The average Bonchev–Trinajstić information content (AvgIpc) is 2.98. The van der Waals surface area contributed by atoms with Crippen molar-refractivity contribution in [2.45, 2.75) is 22.7 Å². The van der Waals surface area contributed by atoms with Crippen molar-refractivity contribution in [3.63, 3.8) is 0 Å². The minimum atomic E-state index is -3.48. The number of hydrogen-bond acceptors (Lipinski definition) is 5. The average molecular weight is 359 g/mol. The molecule has 0 unspecified atom stereocenters. The molecule has 0 radical (unpaired) electrons. The van der Waals surface area contributed by atoms with Gasteiger partial charge in [-0.3, -0.25) is 4.57 Å². The molecule has 0 fully saturated rings. The maximum absolute atomic E-state index is 12.7. The molecule has 3 rings (SSSR count). The fourth-order valence-electron chi connectivity index (χ4n) is 2.33. The third kappa shape index (κ3) is 3.52. The predicted molar refractivity (Wildman–Crippen MR) is 95.1 cm³/mol. The Morgan fingerprint density at radius 2 is 1.58 bits per heavy atom. The van der Waals surface area contributed by atoms with Crippen LogP contribution in [-0.4, -0.2) is 28.9 Å². The Kier molecular flexibility index (Phi) is 5.01. The van der Waals surface area contributed by atoms with Crippen molar-refractivity contribution >= 4 is 21.6 Å². The van der Waals surface area contributed by atoms with Gasteiger partial charge in [0.25, 0.3) is 0 Å². The first kappa shape index (κ1) is 16.7. The zero-order valence-electron chi connectivity index (χ0n) is 13.2. The Bertz CT molecular complexity index is 908. The first-order valence-electron chi connectivity index (χ1n) is 7.52. The lowest BCUT2D eigenvalue weighted by Gasteiger charge is -2.10. The smallest absolute Gasteiger partial charge is 0.195 e. The van der Waals surface area contributed by atoms with Crippen LogP contribution in [0.25, 0.3) is 5.69 Å². The van der Waals surface area contributed by atoms with Gasteiger partial charge in [-0.2, -0.15) is 0 Å². The number of para-hydroxylation sites is 1. The number of sulfone groups is 1. The van der Waals surface area contributed by atoms with Gasteiger partial charge in [0, 0.05) is 5.69 Å². The van der Waals surface area contributed by atoms with Crippen molar-refractivity contribution in [1.82, 2.24) is 14.8 Å². The first-order valence-corrected chi connectivity index (χ1v) is 10.2. The molecular formula is C17H17N3O2S2. The maximum atomic E-state index is 12.7. The number of nitrogens with zero attached hydrogens (tertiary/aromatic N) is 3. The Morgan fingerprint density at radius 3 is 2.21 bits per heavy atom. The van der Waals surface area contributed by atoms with Crippen LogP contribution in [0.15, 0.2) is 70.7 Å². The van der Waals surface area contributed by atoms with E-state index < -0.39 is 9.84 Å². The molecule has 0 N–H and O–H groups in total. The first-order chi connectivity index (χ1) is 11.6. The Labute approximate surface area is 145 Å². The largest absolute Gasteiger partial charge is 0.273 e. The fraction of sp³-hybridized carbons (Fsp3) is 0.176. The Hall–Kier alpha value is -2.12. The van der Waals surface area contributed by atoms with Crippen LogP contribution in [0.4, 0.5) is 0 Å². The van der Waals surface area contributed by atoms with E-state index in [0.29, 0.717) is 11.0 Å². The van der Waals surface area contributed by atoms with Gasteiger partial charge in [0.2, 0.25) is 0 Å². The molecule has 1 aromatic heterocycles. The van der Waals surface area contributed by atoms with Crippen LogP contribution >= 0.6 is 11.8 Å². The minimum absolute atomic E-state index is 0.191. The lowest BCUT2D eigenvalue weighted by atomic mass is 10.3. The highest BCUT2D eigenvalue weighted by molar-refractivity contribution is 7.99. The van der Waals surface area contributed by atoms with Crippen molar-refractivity contribution in [1.29, 1.82) is 0 Å². The summed E-state index contributed by atoms with van der Waals surface area (Å²) in [5, 5.41) is 9.00. The van der Waals surface area contributed by atoms with Gasteiger partial charge in [-0.15, -0.1) is 10.2 Å². The number of hydrogen-bond donors (Lipinski definition) is 0. The zero-order chi connectivity index (χ0) is 17.0. The molecule has 0 aliphatic carbocycles. The molecule has 0 aliphatic rings. The van der Waals surface area contributed by atoms with Gasteiger partial charge in [-0.1, -0.05) is 55.1 Å². The molecule has 0 saturated carbocycles. The van der Waals surface area contributed by atoms with Gasteiger partial charge in [-0.05, 0) is 30.0 Å². The molecule has 124 valence electrons. The molecule has 0 amide bonds. The topological polar surface area (TPSA) is 64.8 Å². The molecule has 0 bridgehead atoms. The third-order valence-corrected chi connectivity index (χ3v) is 5.85. The summed E-state index contributed by atoms with van der Waals surface area (Å²) in [5.74, 6) is 1.06. The zero-order valence-corrected chi connectivity index (χ0v) is 14.8. The van der Waals surface area contributed by atoms with Crippen LogP contribution in [0.2, 0.25) is 0 Å². The van der Waals surface area contributed by atoms with Crippen LogP contribution in [0.5, 0.6) is 0 Å². The van der Waals surface area contributed by atoms with Crippen LogP contribution < -0.4 is 0 Å². The highest BCUT2D eigenvalue weighted by Crippen LogP contribution is 2.24. The highest BCUT2D eigenvalue weighted by Gasteiger charge is 2.22. The van der Waals surface area contributed by atoms with Gasteiger partial charge in [0.1, 0.15) is 5.75 Å². The number of aromatic nitrogens is 3. The standard InChI is InChI=1S/C17H17N3O2S2/c1-2-23-17-19-18-16(20(17)14-9-5-3-6-10-14)13-24(21,22)15-11-7-4-8-12-15/h3-12H,2,13H2,1H3. The van der Waals surface area contributed by atoms with E-state index >= 15 is 0 Å². The molecule has 0 spiro atoms. The summed E-state index contributed by atoms with van der Waals surface area (Å²) in [5.41, 5.74) is 0.858. The van der Waals surface area contributed by atoms with E-state index in [2.05, 4.69) is 10.2 Å². The van der Waals surface area contributed by atoms with E-state index in [9.17, 15) is 8.42 Å². The second kappa shape index (κ2) is 7.19. The summed E-state index contributed by atoms with van der Waals surface area (Å²) >= 11 is 1.53. The molecule has 24 heavy (non-hydrogen) atoms. The molecule has 0 aliphatic heterocycles. The minimum Gasteiger partial charge on any atom is -0.273 e. The SMILES string of the molecule is CCSc1nnc(CS(=O)(=O)c2ccccc2)n1-c1ccccc1. The van der Waals surface area contributed by atoms with Gasteiger partial charge in [0.15, 0.2) is 20.8 Å². The lowest BCUT2D eigenvalue weighted by molar-refractivity contribution is 0.593. The summed E-state index contributed by atoms with van der Waals surface area (Å²) in [7, 11) is -3.48. The van der Waals surface area contributed by atoms with E-state index in [0.717, 1.165) is 11.4 Å². The molecule has 0 atom stereocenters. The van der Waals surface area contributed by atoms with E-state index in [1.807, 2.05) is 41.8 Å². The normalized spacial score (nSPS) is 11.5. The molecule has 1 heterocycles. The summed E-state index contributed by atoms with van der Waals surface area (Å²) in [6.45, 7) is 2.02. The van der Waals surface area contributed by atoms with Crippen LogP contribution in [0.3, 0.4) is 0 Å². The maximum Gasteiger partial charge on any atom is 0.195 e. The molecule has 3 aromatic rings. The summed E-state index contributed by atoms with van der Waals surface area (Å²) in [6, 6.07) is 18.0. The van der Waals surface area contributed by atoms with Crippen molar-refractivity contribution < 1.29 is 8.42 Å². The monoisotopic (exact) mass is 359 g/mol. The predicted octanol–water partition coefficient (Wildman–Crippen LogP) is 3.35. The second-order valence-electron chi connectivity index (χ2n) is 5.07. The summed E-state index contributed by atoms with van der Waals surface area (Å²) in [6.07, 6.45) is 0. The lowest BCUT2D eigenvalue weighted by Crippen LogP contribution is -2.11. The fourth-order valence-corrected chi connectivity index (χ4v) is 4.30. The molecule has 7 heteroatoms. The number of benzene rings is 2. The van der Waals surface area contributed by atoms with Gasteiger partial charge < -0.3 is 0 Å². The van der Waals surface area contributed by atoms with E-state index in [1.165, 1.54) is 11.8 Å². The van der Waals surface area contributed by atoms with Gasteiger partial charge in [0.05, 0.1) is 4.90 Å². The van der Waals surface area contributed by atoms with Gasteiger partial charge >= 0.3 is 0 Å². The number of rotatable bonds is 6. The Balaban J connectivity index is 2.03. The number of thioether (sulfide) groups is 1. The van der Waals surface area contributed by atoms with Crippen molar-refractivity contribution in [2.75, 3.05) is 5.75 Å².